The first-order valence-corrected chi connectivity index (χ1v) is 18.7. The summed E-state index contributed by atoms with van der Waals surface area (Å²) in [7, 11) is 0. The van der Waals surface area contributed by atoms with E-state index in [1.165, 1.54) is 98.5 Å². The monoisotopic (exact) mass is 666 g/mol. The molecule has 0 fully saturated rings. The summed E-state index contributed by atoms with van der Waals surface area (Å²) in [4.78, 5) is 0. The van der Waals surface area contributed by atoms with Gasteiger partial charge in [0.25, 0.3) is 13.4 Å². The summed E-state index contributed by atoms with van der Waals surface area (Å²) in [6.07, 6.45) is 0. The van der Waals surface area contributed by atoms with Gasteiger partial charge in [0.05, 0.1) is 0 Å². The van der Waals surface area contributed by atoms with Gasteiger partial charge in [-0.2, -0.15) is 0 Å². The Morgan fingerprint density at radius 3 is 1.23 bits per heavy atom. The number of benzene rings is 8. The van der Waals surface area contributed by atoms with Crippen molar-refractivity contribution in [3.63, 3.8) is 0 Å². The SMILES string of the molecule is CC(C)(C)c1cc2c3c(c1)-c1ccc4cc5c6c(ccc7cc(c1c4c76)B3c1ccccc1O2)-c1cc(C(C)(C)C)cc2c1B5c1ccccc1O2. The first kappa shape index (κ1) is 29.1. The van der Waals surface area contributed by atoms with E-state index >= 15 is 0 Å². The molecule has 0 radical (unpaired) electrons. The number of fused-ring (bicyclic) bond motifs is 8. The molecule has 4 heteroatoms. The molecule has 8 aromatic carbocycles. The van der Waals surface area contributed by atoms with Crippen molar-refractivity contribution in [2.24, 2.45) is 0 Å². The molecule has 2 nitrogen and oxygen atoms in total. The van der Waals surface area contributed by atoms with Gasteiger partial charge in [0.1, 0.15) is 23.0 Å². The highest BCUT2D eigenvalue weighted by atomic mass is 16.5. The largest absolute Gasteiger partial charge is 0.458 e. The molecule has 8 aromatic rings. The molecule has 0 bridgehead atoms. The fourth-order valence-corrected chi connectivity index (χ4v) is 10.1. The van der Waals surface area contributed by atoms with Crippen molar-refractivity contribution in [3.05, 3.63) is 120 Å². The van der Waals surface area contributed by atoms with Crippen molar-refractivity contribution in [2.45, 2.75) is 52.4 Å². The molecule has 52 heavy (non-hydrogen) atoms. The van der Waals surface area contributed by atoms with Crippen LogP contribution in [0.2, 0.25) is 0 Å². The highest BCUT2D eigenvalue weighted by molar-refractivity contribution is 7.01. The zero-order chi connectivity index (χ0) is 35.0. The van der Waals surface area contributed by atoms with E-state index < -0.39 is 0 Å². The van der Waals surface area contributed by atoms with Gasteiger partial charge in [-0.25, -0.2) is 0 Å². The Kier molecular flexibility index (Phi) is 5.21. The second-order valence-corrected chi connectivity index (χ2v) is 17.6. The number of ether oxygens (including phenoxy) is 2. The molecule has 0 spiro atoms. The third-order valence-corrected chi connectivity index (χ3v) is 12.6. The molecule has 0 aliphatic carbocycles. The first-order chi connectivity index (χ1) is 25.0. The molecular formula is C48H36B2O2. The van der Waals surface area contributed by atoms with E-state index in [4.69, 9.17) is 9.47 Å². The van der Waals surface area contributed by atoms with Gasteiger partial charge in [0, 0.05) is 0 Å². The lowest BCUT2D eigenvalue weighted by Crippen LogP contribution is -2.58. The van der Waals surface area contributed by atoms with E-state index in [1.54, 1.807) is 0 Å². The predicted molar refractivity (Wildman–Crippen MR) is 221 cm³/mol. The smallest absolute Gasteiger partial charge is 0.252 e. The molecule has 0 N–H and O–H groups in total. The third-order valence-electron chi connectivity index (χ3n) is 12.6. The topological polar surface area (TPSA) is 18.5 Å². The van der Waals surface area contributed by atoms with E-state index in [0.29, 0.717) is 0 Å². The van der Waals surface area contributed by atoms with Crippen LogP contribution in [-0.2, 0) is 10.8 Å². The van der Waals surface area contributed by atoms with Gasteiger partial charge in [0.2, 0.25) is 0 Å². The number of hydrogen-bond acceptors (Lipinski definition) is 2. The summed E-state index contributed by atoms with van der Waals surface area (Å²) >= 11 is 0. The summed E-state index contributed by atoms with van der Waals surface area (Å²) in [6, 6.07) is 41.5. The van der Waals surface area contributed by atoms with Gasteiger partial charge in [-0.15, -0.1) is 0 Å². The maximum Gasteiger partial charge on any atom is 0.252 e. The molecule has 0 amide bonds. The van der Waals surface area contributed by atoms with Crippen molar-refractivity contribution >= 4 is 78.5 Å². The maximum absolute atomic E-state index is 6.78. The van der Waals surface area contributed by atoms with Crippen LogP contribution in [0.25, 0.3) is 54.6 Å². The fraction of sp³-hybridized carbons (Fsp3) is 0.167. The van der Waals surface area contributed by atoms with E-state index in [1.807, 2.05) is 0 Å². The van der Waals surface area contributed by atoms with Crippen molar-refractivity contribution in [3.8, 4) is 45.3 Å². The molecule has 0 unspecified atom stereocenters. The van der Waals surface area contributed by atoms with Crippen LogP contribution in [0.3, 0.4) is 0 Å². The van der Waals surface area contributed by atoms with Gasteiger partial charge in [-0.3, -0.25) is 0 Å². The summed E-state index contributed by atoms with van der Waals surface area (Å²) in [5.41, 5.74) is 15.7. The Balaban J connectivity index is 1.25. The molecule has 4 heterocycles. The summed E-state index contributed by atoms with van der Waals surface area (Å²) in [5.74, 6) is 3.91. The molecule has 4 aliphatic heterocycles. The lowest BCUT2D eigenvalue weighted by Gasteiger charge is -2.37. The van der Waals surface area contributed by atoms with E-state index in [2.05, 4.69) is 151 Å². The van der Waals surface area contributed by atoms with Gasteiger partial charge in [-0.1, -0.05) is 137 Å². The van der Waals surface area contributed by atoms with Crippen LogP contribution < -0.4 is 42.3 Å². The molecule has 246 valence electrons. The average molecular weight is 666 g/mol. The second-order valence-electron chi connectivity index (χ2n) is 17.6. The van der Waals surface area contributed by atoms with E-state index in [9.17, 15) is 0 Å². The van der Waals surface area contributed by atoms with Gasteiger partial charge >= 0.3 is 0 Å². The highest BCUT2D eigenvalue weighted by Crippen LogP contribution is 2.47. The van der Waals surface area contributed by atoms with Crippen LogP contribution >= 0.6 is 0 Å². The standard InChI is InChI=1S/C48H36B2O2/c1-47(2,3)27-21-31-29-17-15-25-20-36-44-30(32-22-28(48(4,5)6)24-40-46(32)50(36)34-12-8-10-14-38(34)52-40)18-16-26-19-35(43(29)41(25)42(26)44)49-33-11-7-9-13-37(33)51-39(23-27)45(31)49/h7-24H,1-6H3. The highest BCUT2D eigenvalue weighted by Gasteiger charge is 2.44. The van der Waals surface area contributed by atoms with Crippen LogP contribution in [-0.4, -0.2) is 13.4 Å². The van der Waals surface area contributed by atoms with Crippen molar-refractivity contribution < 1.29 is 9.47 Å². The van der Waals surface area contributed by atoms with Crippen LogP contribution in [0.1, 0.15) is 52.7 Å². The minimum absolute atomic E-state index is 0.0234. The maximum atomic E-state index is 6.78. The number of hydrogen-bond donors (Lipinski definition) is 0. The van der Waals surface area contributed by atoms with Crippen molar-refractivity contribution in [1.82, 2.24) is 0 Å². The van der Waals surface area contributed by atoms with Gasteiger partial charge < -0.3 is 9.47 Å². The Morgan fingerprint density at radius 1 is 0.385 bits per heavy atom. The van der Waals surface area contributed by atoms with Crippen molar-refractivity contribution in [2.75, 3.05) is 0 Å². The zero-order valence-corrected chi connectivity index (χ0v) is 30.4. The van der Waals surface area contributed by atoms with Crippen LogP contribution in [0, 0.1) is 0 Å². The minimum atomic E-state index is -0.0234. The Hall–Kier alpha value is -5.47. The number of rotatable bonds is 0. The molecule has 0 atom stereocenters. The summed E-state index contributed by atoms with van der Waals surface area (Å²) < 4.78 is 13.6. The molecule has 0 aromatic heterocycles. The molecular weight excluding hydrogens is 630 g/mol. The molecule has 0 saturated carbocycles. The Bertz CT molecular complexity index is 2740. The van der Waals surface area contributed by atoms with Gasteiger partial charge in [0.15, 0.2) is 0 Å². The minimum Gasteiger partial charge on any atom is -0.458 e. The van der Waals surface area contributed by atoms with E-state index in [-0.39, 0.29) is 24.3 Å². The number of para-hydroxylation sites is 2. The quantitative estimate of drug-likeness (QED) is 0.120. The predicted octanol–water partition coefficient (Wildman–Crippen LogP) is 8.38. The van der Waals surface area contributed by atoms with Crippen LogP contribution in [0.4, 0.5) is 0 Å². The Labute approximate surface area is 304 Å². The first-order valence-electron chi connectivity index (χ1n) is 18.7. The zero-order valence-electron chi connectivity index (χ0n) is 30.4. The molecule has 0 saturated heterocycles. The van der Waals surface area contributed by atoms with E-state index in [0.717, 1.165) is 23.0 Å². The van der Waals surface area contributed by atoms with Gasteiger partial charge in [-0.05, 0) is 123 Å². The summed E-state index contributed by atoms with van der Waals surface area (Å²) in [6.45, 7) is 14.0. The second kappa shape index (κ2) is 9.30. The summed E-state index contributed by atoms with van der Waals surface area (Å²) in [5, 5.41) is 8.17. The lowest BCUT2D eigenvalue weighted by molar-refractivity contribution is 0.483. The average Bonchev–Trinajstić information content (AvgIpc) is 3.13. The normalized spacial score (nSPS) is 14.6. The Morgan fingerprint density at radius 2 is 0.808 bits per heavy atom. The third kappa shape index (κ3) is 3.53. The van der Waals surface area contributed by atoms with Crippen molar-refractivity contribution in [1.29, 1.82) is 0 Å². The fourth-order valence-electron chi connectivity index (χ4n) is 10.1. The molecule has 4 aliphatic rings. The van der Waals surface area contributed by atoms with Crippen LogP contribution in [0.5, 0.6) is 23.0 Å². The van der Waals surface area contributed by atoms with Crippen LogP contribution in [0.15, 0.2) is 109 Å². The lowest BCUT2D eigenvalue weighted by atomic mass is 9.32. The molecule has 12 rings (SSSR count).